The van der Waals surface area contributed by atoms with Gasteiger partial charge in [0.25, 0.3) is 0 Å². The van der Waals surface area contributed by atoms with Crippen molar-refractivity contribution < 1.29 is 29.6 Å². The molecule has 0 aliphatic heterocycles. The van der Waals surface area contributed by atoms with E-state index >= 15 is 0 Å². The van der Waals surface area contributed by atoms with Gasteiger partial charge in [0.1, 0.15) is 0 Å². The summed E-state index contributed by atoms with van der Waals surface area (Å²) in [6.07, 6.45) is 4.30. The number of allylic oxidation sites excluding steroid dienone is 1. The van der Waals surface area contributed by atoms with Crippen LogP contribution in [0.5, 0.6) is 0 Å². The van der Waals surface area contributed by atoms with Gasteiger partial charge in [0.2, 0.25) is 0 Å². The van der Waals surface area contributed by atoms with Gasteiger partial charge in [-0.1, -0.05) is 36.4 Å². The second-order valence-corrected chi connectivity index (χ2v) is 3.09. The molecule has 1 aromatic carbocycles. The molecule has 0 spiro atoms. The Hall–Kier alpha value is 0.177. The van der Waals surface area contributed by atoms with Crippen molar-refractivity contribution in [2.24, 2.45) is 0 Å². The van der Waals surface area contributed by atoms with Gasteiger partial charge in [-0.25, -0.2) is 0 Å². The predicted octanol–water partition coefficient (Wildman–Crippen LogP) is -1.07. The van der Waals surface area contributed by atoms with Crippen LogP contribution in [-0.2, 0) is 0 Å². The van der Waals surface area contributed by atoms with E-state index in [1.54, 1.807) is 0 Å². The minimum Gasteiger partial charge on any atom is -0.0800 e. The number of rotatable bonds is 0. The summed E-state index contributed by atoms with van der Waals surface area (Å²) in [6.45, 7) is 0. The fourth-order valence-corrected chi connectivity index (χ4v) is 1.61. The first kappa shape index (κ1) is 9.27. The number of fused-ring (bicyclic) bond motifs is 1. The van der Waals surface area contributed by atoms with Crippen LogP contribution in [-0.4, -0.2) is 10.2 Å². The van der Waals surface area contributed by atoms with Gasteiger partial charge >= 0.3 is 29.6 Å². The normalized spacial score (nSPS) is 19.2. The topological polar surface area (TPSA) is 0 Å². The van der Waals surface area contributed by atoms with Crippen molar-refractivity contribution in [2.45, 2.75) is 5.54 Å². The number of hydrogen-bond donors (Lipinski definition) is 0. The van der Waals surface area contributed by atoms with Gasteiger partial charge in [-0.15, -0.1) is 0 Å². The summed E-state index contributed by atoms with van der Waals surface area (Å²) in [6, 6.07) is 8.41. The third-order valence-electron chi connectivity index (χ3n) is 1.80. The third-order valence-corrected chi connectivity index (χ3v) is 2.30. The molecule has 0 nitrogen and oxygen atoms in total. The minimum atomic E-state index is 0. The Morgan fingerprint density at radius 1 is 1.18 bits per heavy atom. The van der Waals surface area contributed by atoms with Crippen molar-refractivity contribution >= 4 is 16.3 Å². The van der Waals surface area contributed by atoms with Gasteiger partial charge in [0.15, 0.2) is 0 Å². The molecule has 0 saturated carbocycles. The third kappa shape index (κ3) is 1.67. The van der Waals surface area contributed by atoms with E-state index < -0.39 is 0 Å². The van der Waals surface area contributed by atoms with Crippen molar-refractivity contribution in [1.82, 2.24) is 0 Å². The minimum absolute atomic E-state index is 0. The van der Waals surface area contributed by atoms with Crippen LogP contribution in [0.2, 0.25) is 0 Å². The van der Waals surface area contributed by atoms with Crippen molar-refractivity contribution in [3.63, 3.8) is 0 Å². The van der Waals surface area contributed by atoms with E-state index in [9.17, 15) is 0 Å². The molecule has 0 fully saturated rings. The largest absolute Gasteiger partial charge is 1.00 e. The van der Waals surface area contributed by atoms with Crippen molar-refractivity contribution in [3.05, 3.63) is 41.5 Å². The van der Waals surface area contributed by atoms with Gasteiger partial charge in [-0.3, -0.25) is 0 Å². The zero-order valence-corrected chi connectivity index (χ0v) is 9.54. The Morgan fingerprint density at radius 2 is 1.91 bits per heavy atom. The SMILES string of the molecule is [Na+].[Si]C1C=Cc2ccccc21. The molecule has 1 aliphatic rings. The Bertz CT molecular complexity index is 281. The molecule has 1 aromatic rings. The van der Waals surface area contributed by atoms with E-state index in [1.807, 2.05) is 0 Å². The molecule has 0 amide bonds. The Kier molecular flexibility index (Phi) is 3.13. The molecule has 1 aliphatic carbocycles. The fraction of sp³-hybridized carbons (Fsp3) is 0.111. The molecule has 0 heterocycles. The second-order valence-electron chi connectivity index (χ2n) is 2.47. The molecule has 2 rings (SSSR count). The first-order valence-electron chi connectivity index (χ1n) is 3.36. The van der Waals surface area contributed by atoms with E-state index in [-0.39, 0.29) is 29.6 Å². The molecule has 1 atom stereocenters. The molecule has 0 N–H and O–H groups in total. The molecule has 0 saturated heterocycles. The first-order chi connectivity index (χ1) is 4.88. The smallest absolute Gasteiger partial charge is 0.0800 e. The predicted molar refractivity (Wildman–Crippen MR) is 44.0 cm³/mol. The quantitative estimate of drug-likeness (QED) is 0.430. The molecule has 2 heteroatoms. The molecule has 3 radical (unpaired) electrons. The fourth-order valence-electron chi connectivity index (χ4n) is 1.25. The average Bonchev–Trinajstić information content (AvgIpc) is 2.34. The maximum atomic E-state index is 3.60. The molecule has 0 aromatic heterocycles. The van der Waals surface area contributed by atoms with Crippen LogP contribution < -0.4 is 29.6 Å². The Morgan fingerprint density at radius 3 is 2.64 bits per heavy atom. The van der Waals surface area contributed by atoms with Crippen molar-refractivity contribution in [3.8, 4) is 0 Å². The summed E-state index contributed by atoms with van der Waals surface area (Å²) in [4.78, 5) is 0. The maximum Gasteiger partial charge on any atom is 1.00 e. The van der Waals surface area contributed by atoms with Crippen LogP contribution >= 0.6 is 0 Å². The summed E-state index contributed by atoms with van der Waals surface area (Å²) in [5.41, 5.74) is 3.14. The molecule has 47 valence electrons. The Balaban J connectivity index is 0.000000605. The first-order valence-corrected chi connectivity index (χ1v) is 3.94. The van der Waals surface area contributed by atoms with Crippen LogP contribution in [0.1, 0.15) is 16.7 Å². The van der Waals surface area contributed by atoms with Gasteiger partial charge in [0.05, 0.1) is 0 Å². The number of benzene rings is 1. The number of hydrogen-bond acceptors (Lipinski definition) is 0. The molecule has 11 heavy (non-hydrogen) atoms. The van der Waals surface area contributed by atoms with Crippen molar-refractivity contribution in [2.75, 3.05) is 0 Å². The summed E-state index contributed by atoms with van der Waals surface area (Å²) >= 11 is 0. The van der Waals surface area contributed by atoms with Crippen LogP contribution in [0.3, 0.4) is 0 Å². The van der Waals surface area contributed by atoms with Gasteiger partial charge in [0, 0.05) is 10.2 Å². The zero-order valence-electron chi connectivity index (χ0n) is 6.54. The van der Waals surface area contributed by atoms with Crippen molar-refractivity contribution in [1.29, 1.82) is 0 Å². The average molecular weight is 166 g/mol. The van der Waals surface area contributed by atoms with Gasteiger partial charge in [-0.2, -0.15) is 0 Å². The van der Waals surface area contributed by atoms with E-state index in [0.717, 1.165) is 0 Å². The van der Waals surface area contributed by atoms with E-state index in [2.05, 4.69) is 46.7 Å². The van der Waals surface area contributed by atoms with Gasteiger partial charge < -0.3 is 0 Å². The van der Waals surface area contributed by atoms with Crippen LogP contribution in [0.15, 0.2) is 30.3 Å². The molecular weight excluding hydrogens is 159 g/mol. The standard InChI is InChI=1S/C9H7Si.Na/c10-9-6-5-7-3-1-2-4-8(7)9;/h1-6,9H;/q;+1. The molecular formula is C9H7NaSi+. The van der Waals surface area contributed by atoms with E-state index in [0.29, 0.717) is 5.54 Å². The monoisotopic (exact) mass is 166 g/mol. The summed E-state index contributed by atoms with van der Waals surface area (Å²) in [7, 11) is 3.60. The second kappa shape index (κ2) is 3.72. The Labute approximate surface area is 92.4 Å². The molecule has 0 bridgehead atoms. The van der Waals surface area contributed by atoms with Crippen LogP contribution in [0.25, 0.3) is 6.08 Å². The van der Waals surface area contributed by atoms with E-state index in [4.69, 9.17) is 0 Å². The summed E-state index contributed by atoms with van der Waals surface area (Å²) in [5, 5.41) is 0. The summed E-state index contributed by atoms with van der Waals surface area (Å²) in [5.74, 6) is 0. The van der Waals surface area contributed by atoms with Gasteiger partial charge in [-0.05, 0) is 16.7 Å². The van der Waals surface area contributed by atoms with Crippen LogP contribution in [0.4, 0.5) is 0 Å². The maximum absolute atomic E-state index is 3.60. The molecule has 1 unspecified atom stereocenters. The zero-order chi connectivity index (χ0) is 6.97. The van der Waals surface area contributed by atoms with Crippen LogP contribution in [0, 0.1) is 0 Å². The van der Waals surface area contributed by atoms with E-state index in [1.165, 1.54) is 11.1 Å². The summed E-state index contributed by atoms with van der Waals surface area (Å²) < 4.78 is 0.